The lowest BCUT2D eigenvalue weighted by Crippen LogP contribution is -2.27. The van der Waals surface area contributed by atoms with Gasteiger partial charge in [-0.15, -0.1) is 0 Å². The largest absolute Gasteiger partial charge is 0.457 e. The van der Waals surface area contributed by atoms with Crippen LogP contribution < -0.4 is 10.4 Å². The first-order valence-corrected chi connectivity index (χ1v) is 10.3. The summed E-state index contributed by atoms with van der Waals surface area (Å²) in [5.41, 5.74) is 2.10. The lowest BCUT2D eigenvalue weighted by Gasteiger charge is -2.18. The molecule has 0 aliphatic carbocycles. The molecule has 0 fully saturated rings. The van der Waals surface area contributed by atoms with E-state index in [9.17, 15) is 4.79 Å². The second kappa shape index (κ2) is 8.01. The van der Waals surface area contributed by atoms with Crippen molar-refractivity contribution in [1.29, 1.82) is 5.26 Å². The second-order valence-corrected chi connectivity index (χ2v) is 9.05. The van der Waals surface area contributed by atoms with Crippen LogP contribution in [0.3, 0.4) is 0 Å². The van der Waals surface area contributed by atoms with Crippen molar-refractivity contribution in [2.45, 2.75) is 27.3 Å². The molecule has 0 radical (unpaired) electrons. The summed E-state index contributed by atoms with van der Waals surface area (Å²) in [6.45, 7) is 6.63. The van der Waals surface area contributed by atoms with Crippen molar-refractivity contribution in [3.8, 4) is 28.7 Å². The maximum absolute atomic E-state index is 15.6. The van der Waals surface area contributed by atoms with Crippen molar-refractivity contribution in [3.05, 3.63) is 82.5 Å². The van der Waals surface area contributed by atoms with E-state index in [0.717, 1.165) is 0 Å². The van der Waals surface area contributed by atoms with E-state index in [2.05, 4.69) is 6.07 Å². The second-order valence-electron chi connectivity index (χ2n) is 9.05. The Morgan fingerprint density at radius 3 is 2.41 bits per heavy atom. The number of aromatic nitrogens is 2. The fourth-order valence-electron chi connectivity index (χ4n) is 3.78. The van der Waals surface area contributed by atoms with Gasteiger partial charge in [0.15, 0.2) is 5.82 Å². The molecular formula is C26H24FN3O2. The molecule has 4 rings (SSSR count). The van der Waals surface area contributed by atoms with Gasteiger partial charge in [0.1, 0.15) is 17.0 Å². The summed E-state index contributed by atoms with van der Waals surface area (Å²) in [5, 5.41) is 8.93. The van der Waals surface area contributed by atoms with Crippen molar-refractivity contribution in [2.24, 2.45) is 12.5 Å². The third-order valence-corrected chi connectivity index (χ3v) is 5.24. The third-order valence-electron chi connectivity index (χ3n) is 5.24. The number of hydrogen-bond acceptors (Lipinski definition) is 3. The van der Waals surface area contributed by atoms with Crippen LogP contribution in [-0.2, 0) is 13.6 Å². The van der Waals surface area contributed by atoms with Crippen LogP contribution in [0.2, 0.25) is 0 Å². The number of imidazole rings is 1. The maximum Gasteiger partial charge on any atom is 0.328 e. The molecule has 4 aromatic rings. The van der Waals surface area contributed by atoms with Gasteiger partial charge in [-0.25, -0.2) is 9.18 Å². The van der Waals surface area contributed by atoms with Crippen molar-refractivity contribution in [1.82, 2.24) is 9.13 Å². The van der Waals surface area contributed by atoms with Crippen LogP contribution in [0, 0.1) is 22.6 Å². The first-order chi connectivity index (χ1) is 15.2. The molecule has 0 saturated heterocycles. The van der Waals surface area contributed by atoms with Crippen LogP contribution in [0.4, 0.5) is 4.39 Å². The Bertz CT molecular complexity index is 1400. The Labute approximate surface area is 185 Å². The average Bonchev–Trinajstić information content (AvgIpc) is 2.99. The van der Waals surface area contributed by atoms with E-state index in [4.69, 9.17) is 10.00 Å². The summed E-state index contributed by atoms with van der Waals surface area (Å²) < 4.78 is 24.5. The van der Waals surface area contributed by atoms with Gasteiger partial charge in [0.2, 0.25) is 0 Å². The highest BCUT2D eigenvalue weighted by Gasteiger charge is 2.21. The molecule has 0 spiro atoms. The fraction of sp³-hybridized carbons (Fsp3) is 0.231. The zero-order valence-electron chi connectivity index (χ0n) is 18.5. The van der Waals surface area contributed by atoms with Crippen LogP contribution in [0.5, 0.6) is 11.5 Å². The highest BCUT2D eigenvalue weighted by molar-refractivity contribution is 5.84. The summed E-state index contributed by atoms with van der Waals surface area (Å²) in [7, 11) is 1.60. The number of nitriles is 1. The van der Waals surface area contributed by atoms with Crippen molar-refractivity contribution >= 4 is 11.0 Å². The number of aryl methyl sites for hydroxylation is 1. The molecule has 0 aliphatic heterocycles. The number of ether oxygens (including phenoxy) is 1. The number of fused-ring (bicyclic) bond motifs is 1. The summed E-state index contributed by atoms with van der Waals surface area (Å²) in [6, 6.07) is 19.5. The number of halogens is 1. The van der Waals surface area contributed by atoms with E-state index >= 15 is 4.39 Å². The molecule has 0 saturated carbocycles. The monoisotopic (exact) mass is 429 g/mol. The molecule has 0 atom stereocenters. The molecular weight excluding hydrogens is 405 g/mol. The van der Waals surface area contributed by atoms with Gasteiger partial charge in [0.05, 0.1) is 17.1 Å². The Morgan fingerprint density at radius 2 is 1.75 bits per heavy atom. The van der Waals surface area contributed by atoms with Crippen molar-refractivity contribution in [3.63, 3.8) is 0 Å². The molecule has 6 heteroatoms. The van der Waals surface area contributed by atoms with Gasteiger partial charge >= 0.3 is 5.69 Å². The van der Waals surface area contributed by atoms with Crippen LogP contribution in [0.15, 0.2) is 65.5 Å². The van der Waals surface area contributed by atoms with Crippen LogP contribution in [0.1, 0.15) is 26.3 Å². The number of hydrogen-bond donors (Lipinski definition) is 0. The van der Waals surface area contributed by atoms with Gasteiger partial charge in [-0.05, 0) is 59.5 Å². The number of rotatable bonds is 4. The Kier molecular flexibility index (Phi) is 5.35. The van der Waals surface area contributed by atoms with E-state index in [-0.39, 0.29) is 16.6 Å². The minimum atomic E-state index is -0.440. The van der Waals surface area contributed by atoms with Gasteiger partial charge in [-0.2, -0.15) is 5.26 Å². The van der Waals surface area contributed by atoms with Gasteiger partial charge in [-0.3, -0.25) is 9.13 Å². The van der Waals surface area contributed by atoms with Crippen LogP contribution in [0.25, 0.3) is 22.2 Å². The number of benzene rings is 3. The number of nitrogens with zero attached hydrogens (tertiary/aromatic N) is 3. The molecule has 1 aromatic heterocycles. The van der Waals surface area contributed by atoms with E-state index in [1.807, 2.05) is 20.8 Å². The molecule has 0 bridgehead atoms. The fourth-order valence-corrected chi connectivity index (χ4v) is 3.78. The molecule has 0 N–H and O–H groups in total. The zero-order chi connectivity index (χ0) is 23.0. The Balaban J connectivity index is 1.75. The maximum atomic E-state index is 15.6. The molecule has 5 nitrogen and oxygen atoms in total. The SMILES string of the molecule is Cn1c(=O)n(CC(C)(C)C)c2ccc(-c3cccc(Oc4ccc(C#N)cc4)c3)c(F)c21. The van der Waals surface area contributed by atoms with Gasteiger partial charge in [0.25, 0.3) is 0 Å². The zero-order valence-corrected chi connectivity index (χ0v) is 18.5. The predicted octanol–water partition coefficient (Wildman–Crippen LogP) is 5.86. The molecule has 0 amide bonds. The highest BCUT2D eigenvalue weighted by Crippen LogP contribution is 2.32. The summed E-state index contributed by atoms with van der Waals surface area (Å²) >= 11 is 0. The van der Waals surface area contributed by atoms with Gasteiger partial charge < -0.3 is 4.74 Å². The standard InChI is InChI=1S/C26H24FN3O2/c1-26(2,3)16-30-22-13-12-21(23(27)24(22)29(4)25(30)31)18-6-5-7-20(14-18)32-19-10-8-17(15-28)9-11-19/h5-14H,16H2,1-4H3. The molecule has 3 aromatic carbocycles. The minimum absolute atomic E-state index is 0.121. The van der Waals surface area contributed by atoms with E-state index in [1.54, 1.807) is 72.3 Å². The topological polar surface area (TPSA) is 59.9 Å². The molecule has 162 valence electrons. The van der Waals surface area contributed by atoms with Gasteiger partial charge in [0, 0.05) is 19.2 Å². The first kappa shape index (κ1) is 21.4. The minimum Gasteiger partial charge on any atom is -0.457 e. The molecule has 0 unspecified atom stereocenters. The Hall–Kier alpha value is -3.85. The van der Waals surface area contributed by atoms with E-state index < -0.39 is 5.82 Å². The average molecular weight is 429 g/mol. The lowest BCUT2D eigenvalue weighted by molar-refractivity contribution is 0.342. The quantitative estimate of drug-likeness (QED) is 0.408. The van der Waals surface area contributed by atoms with Crippen molar-refractivity contribution in [2.75, 3.05) is 0 Å². The molecule has 32 heavy (non-hydrogen) atoms. The summed E-state index contributed by atoms with van der Waals surface area (Å²) in [5.74, 6) is 0.690. The normalized spacial score (nSPS) is 11.5. The van der Waals surface area contributed by atoms with Gasteiger partial charge in [-0.1, -0.05) is 32.9 Å². The first-order valence-electron chi connectivity index (χ1n) is 10.3. The Morgan fingerprint density at radius 1 is 1.03 bits per heavy atom. The highest BCUT2D eigenvalue weighted by atomic mass is 19.1. The van der Waals surface area contributed by atoms with Crippen molar-refractivity contribution < 1.29 is 9.13 Å². The summed E-state index contributed by atoms with van der Waals surface area (Å²) in [6.07, 6.45) is 0. The van der Waals surface area contributed by atoms with E-state index in [1.165, 1.54) is 4.57 Å². The third kappa shape index (κ3) is 4.02. The molecule has 1 heterocycles. The van der Waals surface area contributed by atoms with Crippen LogP contribution >= 0.6 is 0 Å². The smallest absolute Gasteiger partial charge is 0.328 e. The van der Waals surface area contributed by atoms with Crippen LogP contribution in [-0.4, -0.2) is 9.13 Å². The predicted molar refractivity (Wildman–Crippen MR) is 123 cm³/mol. The molecule has 0 aliphatic rings. The summed E-state index contributed by atoms with van der Waals surface area (Å²) in [4.78, 5) is 12.8. The van der Waals surface area contributed by atoms with E-state index in [0.29, 0.717) is 40.3 Å². The lowest BCUT2D eigenvalue weighted by atomic mass is 9.97.